The highest BCUT2D eigenvalue weighted by molar-refractivity contribution is 7.80. The zero-order valence-corrected chi connectivity index (χ0v) is 26.1. The van der Waals surface area contributed by atoms with E-state index in [1.807, 2.05) is 18.3 Å². The van der Waals surface area contributed by atoms with Crippen LogP contribution in [0.1, 0.15) is 50.1 Å². The first-order valence-corrected chi connectivity index (χ1v) is 15.7. The topological polar surface area (TPSA) is 77.1 Å². The Hall–Kier alpha value is -3.56. The molecule has 4 heterocycles. The van der Waals surface area contributed by atoms with Gasteiger partial charge in [-0.05, 0) is 99.0 Å². The Kier molecular flexibility index (Phi) is 8.90. The van der Waals surface area contributed by atoms with Crippen molar-refractivity contribution in [3.05, 3.63) is 60.8 Å². The van der Waals surface area contributed by atoms with E-state index in [2.05, 4.69) is 52.5 Å². The van der Waals surface area contributed by atoms with Crippen LogP contribution >= 0.6 is 12.2 Å². The third kappa shape index (κ3) is 6.10. The largest absolute Gasteiger partial charge is 0.496 e. The van der Waals surface area contributed by atoms with Crippen molar-refractivity contribution in [2.45, 2.75) is 56.7 Å². The van der Waals surface area contributed by atoms with Gasteiger partial charge in [-0.2, -0.15) is 0 Å². The van der Waals surface area contributed by atoms with Crippen LogP contribution in [-0.2, 0) is 0 Å². The average molecular weight is 603 g/mol. The maximum absolute atomic E-state index is 6.43. The smallest absolute Gasteiger partial charge is 0.171 e. The molecule has 5 atom stereocenters. The molecular formula is C34H42N4O4S. The molecule has 43 heavy (non-hydrogen) atoms. The first-order valence-electron chi connectivity index (χ1n) is 15.3. The summed E-state index contributed by atoms with van der Waals surface area (Å²) in [4.78, 5) is 7.32. The summed E-state index contributed by atoms with van der Waals surface area (Å²) in [5.74, 6) is 3.82. The van der Waals surface area contributed by atoms with Gasteiger partial charge in [0.25, 0.3) is 0 Å². The van der Waals surface area contributed by atoms with Crippen LogP contribution in [0.4, 0.5) is 5.69 Å². The molecule has 3 aliphatic heterocycles. The van der Waals surface area contributed by atoms with Crippen molar-refractivity contribution in [2.75, 3.05) is 39.7 Å². The Balaban J connectivity index is 1.35. The number of hydrogen-bond acceptors (Lipinski definition) is 7. The van der Waals surface area contributed by atoms with Gasteiger partial charge in [0.2, 0.25) is 0 Å². The Bertz CT molecular complexity index is 1450. The second-order valence-corrected chi connectivity index (χ2v) is 12.2. The third-order valence-electron chi connectivity index (χ3n) is 9.47. The monoisotopic (exact) mass is 602 g/mol. The van der Waals surface area contributed by atoms with Crippen molar-refractivity contribution in [1.29, 1.82) is 0 Å². The number of hydrogen-bond donors (Lipinski definition) is 2. The normalized spacial score (nSPS) is 23.9. The van der Waals surface area contributed by atoms with Gasteiger partial charge in [-0.3, -0.25) is 9.88 Å². The van der Waals surface area contributed by atoms with Crippen LogP contribution in [0.3, 0.4) is 0 Å². The van der Waals surface area contributed by atoms with Gasteiger partial charge in [-0.25, -0.2) is 0 Å². The molecule has 7 rings (SSSR count). The van der Waals surface area contributed by atoms with E-state index in [4.69, 9.17) is 36.1 Å². The minimum Gasteiger partial charge on any atom is -0.496 e. The molecule has 1 aromatic heterocycles. The number of ether oxygens (including phenoxy) is 4. The lowest BCUT2D eigenvalue weighted by atomic mass is 9.73. The Morgan fingerprint density at radius 1 is 1.02 bits per heavy atom. The van der Waals surface area contributed by atoms with Gasteiger partial charge >= 0.3 is 0 Å². The van der Waals surface area contributed by atoms with Crippen LogP contribution in [0.2, 0.25) is 0 Å². The van der Waals surface area contributed by atoms with Gasteiger partial charge in [0.1, 0.15) is 28.7 Å². The zero-order valence-electron chi connectivity index (χ0n) is 25.3. The Morgan fingerprint density at radius 2 is 1.79 bits per heavy atom. The van der Waals surface area contributed by atoms with Crippen LogP contribution in [0, 0.1) is 11.8 Å². The highest BCUT2D eigenvalue weighted by Crippen LogP contribution is 2.43. The molecule has 2 N–H and O–H groups in total. The molecule has 0 radical (unpaired) electrons. The third-order valence-corrected chi connectivity index (χ3v) is 9.69. The van der Waals surface area contributed by atoms with Crippen molar-refractivity contribution in [2.24, 2.45) is 11.8 Å². The summed E-state index contributed by atoms with van der Waals surface area (Å²) in [6, 6.07) is 12.2. The molecule has 1 saturated carbocycles. The Morgan fingerprint density at radius 3 is 2.44 bits per heavy atom. The summed E-state index contributed by atoms with van der Waals surface area (Å²) in [5.41, 5.74) is 2.75. The van der Waals surface area contributed by atoms with E-state index in [1.54, 1.807) is 21.3 Å². The second-order valence-electron chi connectivity index (χ2n) is 11.8. The highest BCUT2D eigenvalue weighted by atomic mass is 32.1. The van der Waals surface area contributed by atoms with Gasteiger partial charge in [-0.15, -0.1) is 6.58 Å². The van der Waals surface area contributed by atoms with E-state index >= 15 is 0 Å². The van der Waals surface area contributed by atoms with E-state index in [0.717, 1.165) is 54.6 Å². The van der Waals surface area contributed by atoms with Gasteiger partial charge in [0, 0.05) is 36.3 Å². The van der Waals surface area contributed by atoms with Crippen LogP contribution in [0.25, 0.3) is 10.9 Å². The standard InChI is InChI=1S/C34H42N4O4S/c1-5-21-20-38-15-13-22(21)16-29(38)32(36-34(43)37-33-30(40-3)18-25(39-2)19-31(33)41-4)26-12-14-35-28-11-10-24(17-27(26)28)42-23-8-6-7-9-23/h5,10-12,14,17-19,21-23,29,32H,1,6-9,13,15-16,20H2,2-4H3,(H2,36,37,43)/t21?,22?,29?,32-/m0/s1. The first-order chi connectivity index (χ1) is 21.0. The van der Waals surface area contributed by atoms with Crippen LogP contribution < -0.4 is 29.6 Å². The fourth-order valence-electron chi connectivity index (χ4n) is 7.21. The van der Waals surface area contributed by atoms with Crippen molar-refractivity contribution < 1.29 is 18.9 Å². The lowest BCUT2D eigenvalue weighted by Gasteiger charge is -2.52. The molecular weight excluding hydrogens is 560 g/mol. The number of nitrogens with zero attached hydrogens (tertiary/aromatic N) is 2. The maximum atomic E-state index is 6.43. The van der Waals surface area contributed by atoms with E-state index < -0.39 is 0 Å². The van der Waals surface area contributed by atoms with Gasteiger partial charge in [0.05, 0.1) is 39.0 Å². The predicted octanol–water partition coefficient (Wildman–Crippen LogP) is 6.51. The Labute approximate surface area is 259 Å². The van der Waals surface area contributed by atoms with E-state index in [9.17, 15) is 0 Å². The molecule has 4 aliphatic rings. The van der Waals surface area contributed by atoms with Gasteiger partial charge < -0.3 is 29.6 Å². The number of nitrogens with one attached hydrogen (secondary N) is 2. The lowest BCUT2D eigenvalue weighted by molar-refractivity contribution is 0.00442. The number of anilines is 1. The zero-order chi connectivity index (χ0) is 29.9. The van der Waals surface area contributed by atoms with Crippen molar-refractivity contribution >= 4 is 33.9 Å². The summed E-state index contributed by atoms with van der Waals surface area (Å²) in [7, 11) is 4.86. The van der Waals surface area contributed by atoms with Crippen LogP contribution in [0.5, 0.6) is 23.0 Å². The minimum atomic E-state index is -0.0870. The molecule has 8 nitrogen and oxygen atoms in total. The molecule has 3 aromatic rings. The van der Waals surface area contributed by atoms with Crippen LogP contribution in [0.15, 0.2) is 55.3 Å². The number of methoxy groups -OCH3 is 3. The molecule has 9 heteroatoms. The maximum Gasteiger partial charge on any atom is 0.171 e. The molecule has 0 spiro atoms. The molecule has 4 fully saturated rings. The predicted molar refractivity (Wildman–Crippen MR) is 175 cm³/mol. The fraction of sp³-hybridized carbons (Fsp3) is 0.471. The van der Waals surface area contributed by atoms with E-state index in [0.29, 0.717) is 39.9 Å². The minimum absolute atomic E-state index is 0.0870. The quantitative estimate of drug-likeness (QED) is 0.200. The first kappa shape index (κ1) is 29.5. The lowest BCUT2D eigenvalue weighted by Crippen LogP contribution is -2.57. The molecule has 2 bridgehead atoms. The fourth-order valence-corrected chi connectivity index (χ4v) is 7.44. The molecule has 4 unspecified atom stereocenters. The second kappa shape index (κ2) is 13.0. The number of pyridine rings is 1. The van der Waals surface area contributed by atoms with Gasteiger partial charge in [0.15, 0.2) is 5.11 Å². The number of rotatable bonds is 10. The molecule has 0 amide bonds. The SMILES string of the molecule is C=CC1CN2CCC1CC2[C@@H](NC(=S)Nc1c(OC)cc(OC)cc1OC)c1ccnc2ccc(OC3CCCC3)cc12. The average Bonchev–Trinajstić information content (AvgIpc) is 3.56. The molecule has 3 saturated heterocycles. The highest BCUT2D eigenvalue weighted by Gasteiger charge is 2.43. The van der Waals surface area contributed by atoms with Crippen molar-refractivity contribution in [3.63, 3.8) is 0 Å². The van der Waals surface area contributed by atoms with Crippen molar-refractivity contribution in [3.8, 4) is 23.0 Å². The summed E-state index contributed by atoms with van der Waals surface area (Å²) in [6.07, 6.45) is 11.3. The molecule has 2 aromatic carbocycles. The van der Waals surface area contributed by atoms with E-state index in [-0.39, 0.29) is 18.2 Å². The summed E-state index contributed by atoms with van der Waals surface area (Å²) < 4.78 is 23.2. The van der Waals surface area contributed by atoms with Gasteiger partial charge in [-0.1, -0.05) is 6.08 Å². The van der Waals surface area contributed by atoms with Crippen LogP contribution in [-0.4, -0.2) is 61.6 Å². The molecule has 228 valence electrons. The summed E-state index contributed by atoms with van der Waals surface area (Å²) >= 11 is 5.99. The number of piperidine rings is 3. The molecule has 1 aliphatic carbocycles. The summed E-state index contributed by atoms with van der Waals surface area (Å²) in [6.45, 7) is 6.21. The van der Waals surface area contributed by atoms with Crippen molar-refractivity contribution in [1.82, 2.24) is 15.2 Å². The number of thiocarbonyl (C=S) groups is 1. The number of fused-ring (bicyclic) bond motifs is 4. The number of aromatic nitrogens is 1. The number of benzene rings is 2. The van der Waals surface area contributed by atoms with E-state index in [1.165, 1.54) is 19.3 Å². The summed E-state index contributed by atoms with van der Waals surface area (Å²) in [5, 5.41) is 8.68.